The molecule has 0 saturated heterocycles. The zero-order valence-electron chi connectivity index (χ0n) is 12.9. The van der Waals surface area contributed by atoms with Crippen molar-refractivity contribution in [2.45, 2.75) is 71.0 Å². The van der Waals surface area contributed by atoms with E-state index in [2.05, 4.69) is 36.0 Å². The molecule has 1 N–H and O–H groups in total. The minimum atomic E-state index is 0.389. The smallest absolute Gasteiger partial charge is 0.131 e. The highest BCUT2D eigenvalue weighted by Gasteiger charge is 2.30. The number of nitrogens with zero attached hydrogens (tertiary/aromatic N) is 3. The second kappa shape index (κ2) is 5.68. The molecule has 0 unspecified atom stereocenters. The Morgan fingerprint density at radius 1 is 1.30 bits per heavy atom. The Labute approximate surface area is 122 Å². The number of nitrogens with one attached hydrogen (secondary N) is 1. The number of rotatable bonds is 7. The Hall–Kier alpha value is -1.16. The molecule has 2 aliphatic carbocycles. The summed E-state index contributed by atoms with van der Waals surface area (Å²) < 4.78 is 0. The maximum absolute atomic E-state index is 4.84. The molecule has 3 rings (SSSR count). The van der Waals surface area contributed by atoms with Gasteiger partial charge in [0.05, 0.1) is 17.6 Å². The molecule has 0 spiro atoms. The van der Waals surface area contributed by atoms with Gasteiger partial charge in [-0.15, -0.1) is 0 Å². The fourth-order valence-corrected chi connectivity index (χ4v) is 2.61. The molecule has 110 valence electrons. The zero-order valence-corrected chi connectivity index (χ0v) is 12.9. The normalized spacial score (nSPS) is 18.6. The molecule has 2 aliphatic rings. The van der Waals surface area contributed by atoms with Crippen molar-refractivity contribution < 1.29 is 0 Å². The number of anilines is 1. The Bertz CT molecular complexity index is 464. The van der Waals surface area contributed by atoms with Gasteiger partial charge in [0.25, 0.3) is 0 Å². The van der Waals surface area contributed by atoms with Crippen molar-refractivity contribution in [3.05, 3.63) is 17.7 Å². The average molecular weight is 274 g/mol. The standard InChI is InChI=1S/C16H26N4/c1-4-20(13-7-8-13)15-10-18-16(11(2)3)19-14(15)9-17-12-5-6-12/h10-13,17H,4-9H2,1-3H3. The molecule has 20 heavy (non-hydrogen) atoms. The van der Waals surface area contributed by atoms with E-state index in [4.69, 9.17) is 4.98 Å². The summed E-state index contributed by atoms with van der Waals surface area (Å²) >= 11 is 0. The van der Waals surface area contributed by atoms with Gasteiger partial charge < -0.3 is 10.2 Å². The highest BCUT2D eigenvalue weighted by Crippen LogP contribution is 2.33. The summed E-state index contributed by atoms with van der Waals surface area (Å²) in [6.45, 7) is 8.47. The van der Waals surface area contributed by atoms with Crippen LogP contribution >= 0.6 is 0 Å². The van der Waals surface area contributed by atoms with E-state index in [0.29, 0.717) is 12.0 Å². The lowest BCUT2D eigenvalue weighted by atomic mass is 10.2. The zero-order chi connectivity index (χ0) is 14.1. The Morgan fingerprint density at radius 2 is 2.05 bits per heavy atom. The van der Waals surface area contributed by atoms with Crippen LogP contribution in [0.1, 0.15) is 63.9 Å². The van der Waals surface area contributed by atoms with Crippen molar-refractivity contribution in [1.82, 2.24) is 15.3 Å². The minimum Gasteiger partial charge on any atom is -0.366 e. The lowest BCUT2D eigenvalue weighted by Crippen LogP contribution is -2.29. The maximum atomic E-state index is 4.84. The van der Waals surface area contributed by atoms with Crippen molar-refractivity contribution in [3.8, 4) is 0 Å². The fourth-order valence-electron chi connectivity index (χ4n) is 2.61. The average Bonchev–Trinajstić information content (AvgIpc) is 3.31. The van der Waals surface area contributed by atoms with Crippen LogP contribution < -0.4 is 10.2 Å². The Morgan fingerprint density at radius 3 is 2.60 bits per heavy atom. The van der Waals surface area contributed by atoms with E-state index < -0.39 is 0 Å². The molecule has 0 aromatic carbocycles. The molecule has 0 radical (unpaired) electrons. The van der Waals surface area contributed by atoms with E-state index in [1.54, 1.807) is 0 Å². The van der Waals surface area contributed by atoms with Crippen LogP contribution in [-0.4, -0.2) is 28.6 Å². The van der Waals surface area contributed by atoms with E-state index in [0.717, 1.165) is 25.0 Å². The summed E-state index contributed by atoms with van der Waals surface area (Å²) in [4.78, 5) is 11.9. The van der Waals surface area contributed by atoms with E-state index in [-0.39, 0.29) is 0 Å². The summed E-state index contributed by atoms with van der Waals surface area (Å²) in [6.07, 6.45) is 7.31. The molecule has 0 amide bonds. The van der Waals surface area contributed by atoms with Crippen molar-refractivity contribution in [2.75, 3.05) is 11.4 Å². The van der Waals surface area contributed by atoms with E-state index in [1.807, 2.05) is 6.20 Å². The molecule has 2 fully saturated rings. The van der Waals surface area contributed by atoms with Crippen molar-refractivity contribution in [2.24, 2.45) is 0 Å². The second-order valence-electron chi connectivity index (χ2n) is 6.39. The summed E-state index contributed by atoms with van der Waals surface area (Å²) in [5.41, 5.74) is 2.43. The maximum Gasteiger partial charge on any atom is 0.131 e. The number of aromatic nitrogens is 2. The van der Waals surface area contributed by atoms with Crippen molar-refractivity contribution >= 4 is 5.69 Å². The molecule has 0 atom stereocenters. The van der Waals surface area contributed by atoms with Gasteiger partial charge in [0, 0.05) is 31.1 Å². The summed E-state index contributed by atoms with van der Waals surface area (Å²) in [5.74, 6) is 1.35. The summed E-state index contributed by atoms with van der Waals surface area (Å²) in [7, 11) is 0. The van der Waals surface area contributed by atoms with Gasteiger partial charge in [0.2, 0.25) is 0 Å². The van der Waals surface area contributed by atoms with Gasteiger partial charge in [0.1, 0.15) is 5.82 Å². The van der Waals surface area contributed by atoms with Crippen molar-refractivity contribution in [3.63, 3.8) is 0 Å². The first-order valence-electron chi connectivity index (χ1n) is 8.04. The predicted octanol–water partition coefficient (Wildman–Crippen LogP) is 2.84. The lowest BCUT2D eigenvalue weighted by Gasteiger charge is -2.25. The lowest BCUT2D eigenvalue weighted by molar-refractivity contribution is 0.653. The van der Waals surface area contributed by atoms with Gasteiger partial charge >= 0.3 is 0 Å². The first kappa shape index (κ1) is 13.8. The van der Waals surface area contributed by atoms with Crippen LogP contribution in [0.5, 0.6) is 0 Å². The molecule has 4 heteroatoms. The monoisotopic (exact) mass is 274 g/mol. The SMILES string of the molecule is CCN(c1cnc(C(C)C)nc1CNC1CC1)C1CC1. The van der Waals surface area contributed by atoms with E-state index >= 15 is 0 Å². The largest absolute Gasteiger partial charge is 0.366 e. The second-order valence-corrected chi connectivity index (χ2v) is 6.39. The fraction of sp³-hybridized carbons (Fsp3) is 0.750. The van der Waals surface area contributed by atoms with Crippen LogP contribution in [0.4, 0.5) is 5.69 Å². The van der Waals surface area contributed by atoms with Crippen LogP contribution in [0.2, 0.25) is 0 Å². The molecule has 4 nitrogen and oxygen atoms in total. The Kier molecular flexibility index (Phi) is 3.92. The summed E-state index contributed by atoms with van der Waals surface area (Å²) in [6, 6.07) is 1.43. The first-order chi connectivity index (χ1) is 9.69. The van der Waals surface area contributed by atoms with Gasteiger partial charge in [-0.25, -0.2) is 9.97 Å². The quantitative estimate of drug-likeness (QED) is 0.830. The minimum absolute atomic E-state index is 0.389. The molecule has 2 saturated carbocycles. The molecule has 1 heterocycles. The third-order valence-electron chi connectivity index (χ3n) is 4.15. The van der Waals surface area contributed by atoms with Crippen LogP contribution in [0.3, 0.4) is 0 Å². The van der Waals surface area contributed by atoms with E-state index in [1.165, 1.54) is 37.1 Å². The highest BCUT2D eigenvalue weighted by atomic mass is 15.2. The van der Waals surface area contributed by atoms with Gasteiger partial charge in [-0.05, 0) is 32.6 Å². The van der Waals surface area contributed by atoms with Crippen LogP contribution in [-0.2, 0) is 6.54 Å². The van der Waals surface area contributed by atoms with Gasteiger partial charge in [-0.1, -0.05) is 13.8 Å². The van der Waals surface area contributed by atoms with Crippen LogP contribution in [0.15, 0.2) is 6.20 Å². The first-order valence-corrected chi connectivity index (χ1v) is 8.04. The molecular weight excluding hydrogens is 248 g/mol. The van der Waals surface area contributed by atoms with Crippen LogP contribution in [0.25, 0.3) is 0 Å². The molecule has 0 bridgehead atoms. The molecule has 0 aliphatic heterocycles. The van der Waals surface area contributed by atoms with Crippen LogP contribution in [0, 0.1) is 0 Å². The summed E-state index contributed by atoms with van der Waals surface area (Å²) in [5, 5.41) is 3.60. The third kappa shape index (κ3) is 3.11. The Balaban J connectivity index is 1.84. The van der Waals surface area contributed by atoms with Crippen molar-refractivity contribution in [1.29, 1.82) is 0 Å². The highest BCUT2D eigenvalue weighted by molar-refractivity contribution is 5.51. The molecular formula is C16H26N4. The topological polar surface area (TPSA) is 41.1 Å². The number of hydrogen-bond donors (Lipinski definition) is 1. The van der Waals surface area contributed by atoms with Gasteiger partial charge in [-0.2, -0.15) is 0 Å². The van der Waals surface area contributed by atoms with E-state index in [9.17, 15) is 0 Å². The number of hydrogen-bond acceptors (Lipinski definition) is 4. The molecule has 1 aromatic heterocycles. The van der Waals surface area contributed by atoms with Gasteiger partial charge in [0.15, 0.2) is 0 Å². The van der Waals surface area contributed by atoms with Gasteiger partial charge in [-0.3, -0.25) is 0 Å². The third-order valence-corrected chi connectivity index (χ3v) is 4.15. The molecule has 1 aromatic rings. The predicted molar refractivity (Wildman–Crippen MR) is 82.0 cm³/mol.